The Bertz CT molecular complexity index is 496. The fourth-order valence-corrected chi connectivity index (χ4v) is 3.60. The molecule has 116 valence electrons. The van der Waals surface area contributed by atoms with Crippen LogP contribution in [0, 0.1) is 0 Å². The predicted molar refractivity (Wildman–Crippen MR) is 88.6 cm³/mol. The summed E-state index contributed by atoms with van der Waals surface area (Å²) in [6.07, 6.45) is 7.06. The highest BCUT2D eigenvalue weighted by Gasteiger charge is 2.34. The fraction of sp³-hybridized carbons (Fsp3) is 0.588. The molecule has 3 nitrogen and oxygen atoms in total. The number of amides is 1. The van der Waals surface area contributed by atoms with E-state index < -0.39 is 0 Å². The first-order valence-corrected chi connectivity index (χ1v) is 8.51. The molecule has 4 heteroatoms. The smallest absolute Gasteiger partial charge is 0.220 e. The summed E-state index contributed by atoms with van der Waals surface area (Å²) in [5.74, 6) is 1.09. The minimum Gasteiger partial charge on any atom is -0.496 e. The molecule has 0 bridgehead atoms. The van der Waals surface area contributed by atoms with E-state index in [4.69, 9.17) is 4.74 Å². The third-order valence-electron chi connectivity index (χ3n) is 4.40. The Hall–Kier alpha value is -1.03. The van der Waals surface area contributed by atoms with Gasteiger partial charge in [-0.1, -0.05) is 35.7 Å². The number of aryl methyl sites for hydroxylation is 1. The highest BCUT2D eigenvalue weighted by molar-refractivity contribution is 9.10. The molecule has 1 amide bonds. The van der Waals surface area contributed by atoms with E-state index >= 15 is 0 Å². The van der Waals surface area contributed by atoms with E-state index in [2.05, 4.69) is 27.3 Å². The van der Waals surface area contributed by atoms with Crippen LogP contribution in [0.15, 0.2) is 22.7 Å². The lowest BCUT2D eigenvalue weighted by Gasteiger charge is -2.30. The van der Waals surface area contributed by atoms with Crippen LogP contribution in [0.25, 0.3) is 0 Å². The summed E-state index contributed by atoms with van der Waals surface area (Å²) in [6.45, 7) is 1.91. The van der Waals surface area contributed by atoms with Crippen LogP contribution in [0.4, 0.5) is 0 Å². The van der Waals surface area contributed by atoms with Crippen molar-refractivity contribution in [2.24, 2.45) is 0 Å². The monoisotopic (exact) mass is 353 g/mol. The van der Waals surface area contributed by atoms with Crippen LogP contribution < -0.4 is 10.1 Å². The van der Waals surface area contributed by atoms with Gasteiger partial charge in [0.25, 0.3) is 0 Å². The summed E-state index contributed by atoms with van der Waals surface area (Å²) in [7, 11) is 1.71. The molecule has 1 N–H and O–H groups in total. The molecular weight excluding hydrogens is 330 g/mol. The molecule has 0 heterocycles. The molecule has 1 aliphatic rings. The Morgan fingerprint density at radius 2 is 2.10 bits per heavy atom. The van der Waals surface area contributed by atoms with E-state index in [1.54, 1.807) is 7.11 Å². The van der Waals surface area contributed by atoms with Gasteiger partial charge in [0.15, 0.2) is 0 Å². The van der Waals surface area contributed by atoms with Gasteiger partial charge in [0.05, 0.1) is 7.11 Å². The van der Waals surface area contributed by atoms with Crippen LogP contribution in [-0.2, 0) is 11.2 Å². The second kappa shape index (κ2) is 7.30. The van der Waals surface area contributed by atoms with Crippen LogP contribution in [0.3, 0.4) is 0 Å². The molecule has 2 rings (SSSR count). The lowest BCUT2D eigenvalue weighted by Crippen LogP contribution is -2.46. The van der Waals surface area contributed by atoms with Gasteiger partial charge in [0.1, 0.15) is 5.75 Å². The van der Waals surface area contributed by atoms with Gasteiger partial charge in [0.2, 0.25) is 5.91 Å². The molecule has 0 spiro atoms. The lowest BCUT2D eigenvalue weighted by molar-refractivity contribution is -0.122. The quantitative estimate of drug-likeness (QED) is 0.830. The highest BCUT2D eigenvalue weighted by Crippen LogP contribution is 2.35. The van der Waals surface area contributed by atoms with E-state index in [1.165, 1.54) is 18.4 Å². The number of carbonyl (C=O) groups is 1. The summed E-state index contributed by atoms with van der Waals surface area (Å²) in [4.78, 5) is 11.8. The zero-order chi connectivity index (χ0) is 15.3. The number of halogens is 1. The van der Waals surface area contributed by atoms with Crippen molar-refractivity contribution in [1.82, 2.24) is 5.32 Å². The maximum absolute atomic E-state index is 11.8. The van der Waals surface area contributed by atoms with Gasteiger partial charge < -0.3 is 10.1 Å². The average Bonchev–Trinajstić information content (AvgIpc) is 2.94. The Labute approximate surface area is 135 Å². The van der Waals surface area contributed by atoms with Gasteiger partial charge >= 0.3 is 0 Å². The molecule has 0 saturated heterocycles. The molecule has 0 aliphatic heterocycles. The SMILES string of the molecule is CCC(=O)NC1(CCc2cc(Br)ccc2OC)CCCC1. The number of nitrogens with one attached hydrogen (secondary N) is 1. The van der Waals surface area contributed by atoms with Crippen LogP contribution in [0.2, 0.25) is 0 Å². The number of carbonyl (C=O) groups excluding carboxylic acids is 1. The minimum absolute atomic E-state index is 0.0135. The first-order chi connectivity index (χ1) is 10.1. The molecule has 1 saturated carbocycles. The Morgan fingerprint density at radius 3 is 2.71 bits per heavy atom. The molecular formula is C17H24BrNO2. The maximum Gasteiger partial charge on any atom is 0.220 e. The van der Waals surface area contributed by atoms with Gasteiger partial charge in [-0.3, -0.25) is 4.79 Å². The third-order valence-corrected chi connectivity index (χ3v) is 4.89. The van der Waals surface area contributed by atoms with E-state index in [0.717, 1.165) is 35.9 Å². The second-order valence-electron chi connectivity index (χ2n) is 5.85. The second-order valence-corrected chi connectivity index (χ2v) is 6.76. The van der Waals surface area contributed by atoms with Gasteiger partial charge in [-0.25, -0.2) is 0 Å². The zero-order valence-corrected chi connectivity index (χ0v) is 14.5. The fourth-order valence-electron chi connectivity index (χ4n) is 3.19. The zero-order valence-electron chi connectivity index (χ0n) is 12.9. The van der Waals surface area contributed by atoms with E-state index in [9.17, 15) is 4.79 Å². The van der Waals surface area contributed by atoms with Crippen LogP contribution >= 0.6 is 15.9 Å². The Morgan fingerprint density at radius 1 is 1.38 bits per heavy atom. The molecule has 1 aliphatic carbocycles. The Kier molecular flexibility index (Phi) is 5.68. The van der Waals surface area contributed by atoms with Crippen LogP contribution in [0.1, 0.15) is 51.0 Å². The van der Waals surface area contributed by atoms with Crippen molar-refractivity contribution in [2.75, 3.05) is 7.11 Å². The van der Waals surface area contributed by atoms with Crippen molar-refractivity contribution >= 4 is 21.8 Å². The molecule has 0 aromatic heterocycles. The lowest BCUT2D eigenvalue weighted by atomic mass is 9.89. The molecule has 0 unspecified atom stereocenters. The molecule has 0 atom stereocenters. The minimum atomic E-state index is -0.0135. The number of hydrogen-bond acceptors (Lipinski definition) is 2. The number of benzene rings is 1. The molecule has 1 aromatic rings. The van der Waals surface area contributed by atoms with Crippen LogP contribution in [0.5, 0.6) is 5.75 Å². The predicted octanol–water partition coefficient (Wildman–Crippen LogP) is 4.23. The number of hydrogen-bond donors (Lipinski definition) is 1. The van der Waals surface area contributed by atoms with Crippen molar-refractivity contribution in [1.29, 1.82) is 0 Å². The third kappa shape index (κ3) is 4.22. The summed E-state index contributed by atoms with van der Waals surface area (Å²) in [5, 5.41) is 3.27. The van der Waals surface area contributed by atoms with Crippen molar-refractivity contribution in [3.8, 4) is 5.75 Å². The normalized spacial score (nSPS) is 16.7. The summed E-state index contributed by atoms with van der Waals surface area (Å²) >= 11 is 3.52. The molecule has 21 heavy (non-hydrogen) atoms. The maximum atomic E-state index is 11.8. The van der Waals surface area contributed by atoms with Crippen molar-refractivity contribution in [3.63, 3.8) is 0 Å². The van der Waals surface area contributed by atoms with E-state index in [-0.39, 0.29) is 11.4 Å². The van der Waals surface area contributed by atoms with Gasteiger partial charge in [0, 0.05) is 16.4 Å². The highest BCUT2D eigenvalue weighted by atomic mass is 79.9. The van der Waals surface area contributed by atoms with Crippen LogP contribution in [-0.4, -0.2) is 18.6 Å². The standard InChI is InChI=1S/C17H24BrNO2/c1-3-16(20)19-17(9-4-5-10-17)11-8-13-12-14(18)6-7-15(13)21-2/h6-7,12H,3-5,8-11H2,1-2H3,(H,19,20). The summed E-state index contributed by atoms with van der Waals surface area (Å²) in [6, 6.07) is 6.10. The number of methoxy groups -OCH3 is 1. The largest absolute Gasteiger partial charge is 0.496 e. The van der Waals surface area contributed by atoms with Gasteiger partial charge in [-0.05, 0) is 49.4 Å². The Balaban J connectivity index is 2.08. The topological polar surface area (TPSA) is 38.3 Å². The molecule has 1 aromatic carbocycles. The average molecular weight is 354 g/mol. The van der Waals surface area contributed by atoms with Crippen molar-refractivity contribution in [3.05, 3.63) is 28.2 Å². The first-order valence-electron chi connectivity index (χ1n) is 7.72. The first kappa shape index (κ1) is 16.3. The summed E-state index contributed by atoms with van der Waals surface area (Å²) in [5.41, 5.74) is 1.18. The number of ether oxygens (including phenoxy) is 1. The van der Waals surface area contributed by atoms with Crippen molar-refractivity contribution in [2.45, 2.75) is 57.4 Å². The summed E-state index contributed by atoms with van der Waals surface area (Å²) < 4.78 is 6.51. The van der Waals surface area contributed by atoms with Gasteiger partial charge in [-0.15, -0.1) is 0 Å². The van der Waals surface area contributed by atoms with E-state index in [1.807, 2.05) is 19.1 Å². The molecule has 0 radical (unpaired) electrons. The number of rotatable bonds is 6. The van der Waals surface area contributed by atoms with Gasteiger partial charge in [-0.2, -0.15) is 0 Å². The molecule has 1 fully saturated rings. The van der Waals surface area contributed by atoms with E-state index in [0.29, 0.717) is 6.42 Å². The van der Waals surface area contributed by atoms with Crippen molar-refractivity contribution < 1.29 is 9.53 Å².